The molecule has 72 valence electrons. The van der Waals surface area contributed by atoms with E-state index in [-0.39, 0.29) is 0 Å². The zero-order valence-electron chi connectivity index (χ0n) is 8.93. The maximum Gasteiger partial charge on any atom is 0.00415 e. The first-order chi connectivity index (χ1) is 5.59. The molecule has 1 heterocycles. The minimum absolute atomic E-state index is 0.741. The molecule has 0 aliphatic carbocycles. The minimum atomic E-state index is 0.741. The van der Waals surface area contributed by atoms with Crippen LogP contribution in [0.5, 0.6) is 0 Å². The summed E-state index contributed by atoms with van der Waals surface area (Å²) in [6, 6.07) is 0.741. The second-order valence-corrected chi connectivity index (χ2v) is 4.91. The van der Waals surface area contributed by atoms with Crippen LogP contribution in [0.25, 0.3) is 0 Å². The van der Waals surface area contributed by atoms with Crippen molar-refractivity contribution < 1.29 is 0 Å². The summed E-state index contributed by atoms with van der Waals surface area (Å²) in [6.07, 6.45) is 2.78. The fraction of sp³-hybridized carbons (Fsp3) is 1.00. The van der Waals surface area contributed by atoms with E-state index in [1.807, 2.05) is 0 Å². The normalized spacial score (nSPS) is 37.2. The first-order valence-corrected chi connectivity index (χ1v) is 5.33. The fourth-order valence-corrected chi connectivity index (χ4v) is 2.26. The van der Waals surface area contributed by atoms with E-state index in [4.69, 9.17) is 0 Å². The molecule has 1 fully saturated rings. The summed E-state index contributed by atoms with van der Waals surface area (Å²) < 4.78 is 0. The van der Waals surface area contributed by atoms with Gasteiger partial charge >= 0.3 is 0 Å². The van der Waals surface area contributed by atoms with Gasteiger partial charge in [-0.15, -0.1) is 0 Å². The highest BCUT2D eigenvalue weighted by atomic mass is 14.9. The van der Waals surface area contributed by atoms with Crippen LogP contribution in [0.3, 0.4) is 0 Å². The molecule has 1 heteroatoms. The summed E-state index contributed by atoms with van der Waals surface area (Å²) in [7, 11) is 0. The van der Waals surface area contributed by atoms with E-state index in [2.05, 4.69) is 33.0 Å². The van der Waals surface area contributed by atoms with Gasteiger partial charge in [0.15, 0.2) is 0 Å². The number of piperidine rings is 1. The number of nitrogens with one attached hydrogen (secondary N) is 1. The monoisotopic (exact) mass is 169 g/mol. The molecule has 0 saturated carbocycles. The second kappa shape index (κ2) is 4.27. The highest BCUT2D eigenvalue weighted by molar-refractivity contribution is 4.80. The van der Waals surface area contributed by atoms with Crippen LogP contribution in [0, 0.1) is 17.8 Å². The molecule has 0 spiro atoms. The zero-order chi connectivity index (χ0) is 9.14. The summed E-state index contributed by atoms with van der Waals surface area (Å²) in [5.74, 6) is 2.70. The summed E-state index contributed by atoms with van der Waals surface area (Å²) in [5.41, 5.74) is 0. The van der Waals surface area contributed by atoms with Crippen LogP contribution in [-0.2, 0) is 0 Å². The van der Waals surface area contributed by atoms with Crippen molar-refractivity contribution in [3.8, 4) is 0 Å². The first kappa shape index (κ1) is 10.0. The van der Waals surface area contributed by atoms with Gasteiger partial charge in [-0.05, 0) is 44.1 Å². The standard InChI is InChI=1S/C11H23N/c1-8(2)5-11-6-10(4)12-7-9(11)3/h8-12H,5-7H2,1-4H3. The fourth-order valence-electron chi connectivity index (χ4n) is 2.26. The molecule has 0 amide bonds. The van der Waals surface area contributed by atoms with E-state index >= 15 is 0 Å². The third kappa shape index (κ3) is 2.78. The largest absolute Gasteiger partial charge is 0.314 e. The molecule has 1 saturated heterocycles. The lowest BCUT2D eigenvalue weighted by molar-refractivity contribution is 0.202. The van der Waals surface area contributed by atoms with Gasteiger partial charge < -0.3 is 5.32 Å². The molecule has 0 radical (unpaired) electrons. The Hall–Kier alpha value is -0.0400. The molecule has 3 atom stereocenters. The Morgan fingerprint density at radius 3 is 2.58 bits per heavy atom. The molecule has 0 aromatic heterocycles. The molecule has 1 rings (SSSR count). The predicted molar refractivity (Wildman–Crippen MR) is 54.2 cm³/mol. The third-order valence-corrected chi connectivity index (χ3v) is 3.02. The van der Waals surface area contributed by atoms with Gasteiger partial charge in [0.2, 0.25) is 0 Å². The number of hydrogen-bond acceptors (Lipinski definition) is 1. The van der Waals surface area contributed by atoms with Crippen molar-refractivity contribution in [2.45, 2.75) is 46.6 Å². The van der Waals surface area contributed by atoms with E-state index < -0.39 is 0 Å². The summed E-state index contributed by atoms with van der Waals surface area (Å²) in [4.78, 5) is 0. The molecule has 1 aliphatic heterocycles. The highest BCUT2D eigenvalue weighted by Gasteiger charge is 2.25. The Kier molecular flexibility index (Phi) is 3.57. The smallest absolute Gasteiger partial charge is 0.00415 e. The van der Waals surface area contributed by atoms with Gasteiger partial charge in [-0.25, -0.2) is 0 Å². The zero-order valence-corrected chi connectivity index (χ0v) is 8.93. The number of rotatable bonds is 2. The van der Waals surface area contributed by atoms with Gasteiger partial charge in [-0.1, -0.05) is 20.8 Å². The Morgan fingerprint density at radius 1 is 1.33 bits per heavy atom. The van der Waals surface area contributed by atoms with Gasteiger partial charge in [-0.3, -0.25) is 0 Å². The van der Waals surface area contributed by atoms with Crippen molar-refractivity contribution in [1.82, 2.24) is 5.32 Å². The van der Waals surface area contributed by atoms with Crippen molar-refractivity contribution in [3.05, 3.63) is 0 Å². The number of hydrogen-bond donors (Lipinski definition) is 1. The summed E-state index contributed by atoms with van der Waals surface area (Å²) in [6.45, 7) is 10.6. The van der Waals surface area contributed by atoms with Crippen LogP contribution < -0.4 is 5.32 Å². The maximum absolute atomic E-state index is 3.53. The van der Waals surface area contributed by atoms with Crippen molar-refractivity contribution in [2.75, 3.05) is 6.54 Å². The third-order valence-electron chi connectivity index (χ3n) is 3.02. The summed E-state index contributed by atoms with van der Waals surface area (Å²) >= 11 is 0. The molecule has 3 unspecified atom stereocenters. The Bertz CT molecular complexity index is 129. The van der Waals surface area contributed by atoms with Crippen LogP contribution in [0.1, 0.15) is 40.5 Å². The average molecular weight is 169 g/mol. The van der Waals surface area contributed by atoms with Crippen LogP contribution in [-0.4, -0.2) is 12.6 Å². The first-order valence-electron chi connectivity index (χ1n) is 5.33. The lowest BCUT2D eigenvalue weighted by Crippen LogP contribution is -2.41. The molecule has 0 aromatic rings. The van der Waals surface area contributed by atoms with Crippen molar-refractivity contribution in [1.29, 1.82) is 0 Å². The highest BCUT2D eigenvalue weighted by Crippen LogP contribution is 2.27. The molecule has 0 bridgehead atoms. The van der Waals surface area contributed by atoms with E-state index in [1.54, 1.807) is 0 Å². The van der Waals surface area contributed by atoms with Gasteiger partial charge in [-0.2, -0.15) is 0 Å². The Balaban J connectivity index is 2.38. The molecule has 12 heavy (non-hydrogen) atoms. The Morgan fingerprint density at radius 2 is 2.00 bits per heavy atom. The molecular formula is C11H23N. The van der Waals surface area contributed by atoms with Gasteiger partial charge in [0, 0.05) is 6.04 Å². The van der Waals surface area contributed by atoms with Crippen molar-refractivity contribution >= 4 is 0 Å². The lowest BCUT2D eigenvalue weighted by atomic mass is 9.79. The maximum atomic E-state index is 3.53. The lowest BCUT2D eigenvalue weighted by Gasteiger charge is -2.34. The molecule has 1 nitrogen and oxygen atoms in total. The minimum Gasteiger partial charge on any atom is -0.314 e. The van der Waals surface area contributed by atoms with Crippen LogP contribution in [0.4, 0.5) is 0 Å². The van der Waals surface area contributed by atoms with Crippen molar-refractivity contribution in [2.24, 2.45) is 17.8 Å². The van der Waals surface area contributed by atoms with Crippen molar-refractivity contribution in [3.63, 3.8) is 0 Å². The SMILES string of the molecule is CC(C)CC1CC(C)NCC1C. The molecule has 1 N–H and O–H groups in total. The molecule has 1 aliphatic rings. The summed E-state index contributed by atoms with van der Waals surface area (Å²) in [5, 5.41) is 3.53. The molecular weight excluding hydrogens is 146 g/mol. The Labute approximate surface area is 76.9 Å². The van der Waals surface area contributed by atoms with Gasteiger partial charge in [0.05, 0.1) is 0 Å². The van der Waals surface area contributed by atoms with E-state index in [1.165, 1.54) is 19.4 Å². The van der Waals surface area contributed by atoms with E-state index in [9.17, 15) is 0 Å². The van der Waals surface area contributed by atoms with E-state index in [0.717, 1.165) is 23.8 Å². The predicted octanol–water partition coefficient (Wildman–Crippen LogP) is 2.67. The van der Waals surface area contributed by atoms with Gasteiger partial charge in [0.25, 0.3) is 0 Å². The van der Waals surface area contributed by atoms with Crippen LogP contribution >= 0.6 is 0 Å². The molecule has 0 aromatic carbocycles. The topological polar surface area (TPSA) is 12.0 Å². The van der Waals surface area contributed by atoms with E-state index in [0.29, 0.717) is 0 Å². The van der Waals surface area contributed by atoms with Crippen LogP contribution in [0.2, 0.25) is 0 Å². The average Bonchev–Trinajstić information content (AvgIpc) is 1.96. The van der Waals surface area contributed by atoms with Gasteiger partial charge in [0.1, 0.15) is 0 Å². The quantitative estimate of drug-likeness (QED) is 0.670. The second-order valence-electron chi connectivity index (χ2n) is 4.91. The van der Waals surface area contributed by atoms with Crippen LogP contribution in [0.15, 0.2) is 0 Å².